The molecule has 62 valence electrons. The Labute approximate surface area is 73.5 Å². The molecule has 0 radical (unpaired) electrons. The quantitative estimate of drug-likeness (QED) is 0.703. The summed E-state index contributed by atoms with van der Waals surface area (Å²) < 4.78 is 0. The number of halogens is 1. The number of carbonyl (C=O) groups is 1. The fourth-order valence-corrected chi connectivity index (χ4v) is 0.673. The summed E-state index contributed by atoms with van der Waals surface area (Å²) in [6.45, 7) is 0. The van der Waals surface area contributed by atoms with Crippen molar-refractivity contribution >= 4 is 23.6 Å². The van der Waals surface area contributed by atoms with Crippen molar-refractivity contribution < 1.29 is 9.90 Å². The Kier molecular flexibility index (Phi) is 2.76. The number of hydrogen-bond acceptors (Lipinski definition) is 3. The van der Waals surface area contributed by atoms with E-state index in [0.29, 0.717) is 5.69 Å². The molecule has 0 fully saturated rings. The van der Waals surface area contributed by atoms with Gasteiger partial charge in [-0.05, 0) is 18.2 Å². The lowest BCUT2D eigenvalue weighted by atomic mass is 10.3. The molecule has 0 atom stereocenters. The normalized spacial score (nSPS) is 10.4. The van der Waals surface area contributed by atoms with Crippen molar-refractivity contribution in [3.8, 4) is 0 Å². The van der Waals surface area contributed by atoms with E-state index < -0.39 is 5.97 Å². The Bertz CT molecular complexity index is 308. The molecule has 1 heterocycles. The fourth-order valence-electron chi connectivity index (χ4n) is 0.572. The largest absolute Gasteiger partial charge is 0.478 e. The molecule has 0 aliphatic carbocycles. The van der Waals surface area contributed by atoms with Crippen molar-refractivity contribution in [3.05, 3.63) is 29.1 Å². The monoisotopic (exact) mass is 184 g/mol. The Morgan fingerprint density at radius 2 is 2.25 bits per heavy atom. The van der Waals surface area contributed by atoms with Crippen LogP contribution >= 0.6 is 11.6 Å². The molecule has 1 rings (SSSR count). The summed E-state index contributed by atoms with van der Waals surface area (Å²) in [5, 5.41) is 15.7. The van der Waals surface area contributed by atoms with E-state index in [1.54, 1.807) is 6.07 Å². The second-order valence-corrected chi connectivity index (χ2v) is 2.34. The Morgan fingerprint density at radius 3 is 2.75 bits per heavy atom. The molecule has 0 spiro atoms. The van der Waals surface area contributed by atoms with E-state index in [2.05, 4.69) is 10.2 Å². The Hall–Kier alpha value is -1.42. The number of carboxylic acid groups (broad SMARTS) is 1. The molecule has 12 heavy (non-hydrogen) atoms. The lowest BCUT2D eigenvalue weighted by molar-refractivity contribution is -0.131. The molecule has 0 unspecified atom stereocenters. The first-order valence-electron chi connectivity index (χ1n) is 3.09. The van der Waals surface area contributed by atoms with E-state index in [9.17, 15) is 4.79 Å². The van der Waals surface area contributed by atoms with Crippen LogP contribution in [0, 0.1) is 0 Å². The van der Waals surface area contributed by atoms with Crippen LogP contribution in [-0.2, 0) is 4.79 Å². The molecule has 0 aliphatic rings. The zero-order valence-corrected chi connectivity index (χ0v) is 6.69. The van der Waals surface area contributed by atoms with Gasteiger partial charge < -0.3 is 5.11 Å². The summed E-state index contributed by atoms with van der Waals surface area (Å²) in [6, 6.07) is 3.12. The van der Waals surface area contributed by atoms with Crippen LogP contribution in [0.2, 0.25) is 5.15 Å². The van der Waals surface area contributed by atoms with E-state index >= 15 is 0 Å². The van der Waals surface area contributed by atoms with Crippen LogP contribution in [0.5, 0.6) is 0 Å². The van der Waals surface area contributed by atoms with E-state index in [0.717, 1.165) is 6.08 Å². The molecule has 0 aliphatic heterocycles. The number of aromatic nitrogens is 2. The van der Waals surface area contributed by atoms with Gasteiger partial charge in [-0.1, -0.05) is 11.6 Å². The van der Waals surface area contributed by atoms with Crippen molar-refractivity contribution in [2.45, 2.75) is 0 Å². The third-order valence-corrected chi connectivity index (χ3v) is 1.25. The molecule has 1 aromatic rings. The molecular formula is C7H5ClN2O2. The van der Waals surface area contributed by atoms with Crippen molar-refractivity contribution in [3.63, 3.8) is 0 Å². The van der Waals surface area contributed by atoms with Gasteiger partial charge in [0.05, 0.1) is 5.69 Å². The van der Waals surface area contributed by atoms with Gasteiger partial charge in [0.25, 0.3) is 0 Å². The number of nitrogens with zero attached hydrogens (tertiary/aromatic N) is 2. The first kappa shape index (κ1) is 8.67. The first-order chi connectivity index (χ1) is 5.68. The lowest BCUT2D eigenvalue weighted by Crippen LogP contribution is -1.88. The Balaban J connectivity index is 2.77. The van der Waals surface area contributed by atoms with Gasteiger partial charge in [-0.15, -0.1) is 10.2 Å². The number of hydrogen-bond donors (Lipinski definition) is 1. The van der Waals surface area contributed by atoms with Crippen LogP contribution in [0.1, 0.15) is 5.69 Å². The maximum Gasteiger partial charge on any atom is 0.328 e. The molecular weight excluding hydrogens is 180 g/mol. The van der Waals surface area contributed by atoms with Crippen LogP contribution in [0.3, 0.4) is 0 Å². The van der Waals surface area contributed by atoms with E-state index in [4.69, 9.17) is 16.7 Å². The average Bonchev–Trinajstić information content (AvgIpc) is 2.03. The zero-order chi connectivity index (χ0) is 8.97. The second-order valence-electron chi connectivity index (χ2n) is 1.95. The first-order valence-corrected chi connectivity index (χ1v) is 3.46. The van der Waals surface area contributed by atoms with Gasteiger partial charge in [-0.3, -0.25) is 0 Å². The standard InChI is InChI=1S/C7H5ClN2O2/c8-6-3-1-5(9-10-6)2-4-7(11)12/h1-4H,(H,11,12)/b4-2+. The molecule has 0 aromatic carbocycles. The van der Waals surface area contributed by atoms with E-state index in [1.165, 1.54) is 12.1 Å². The van der Waals surface area contributed by atoms with Gasteiger partial charge in [0, 0.05) is 6.08 Å². The topological polar surface area (TPSA) is 63.1 Å². The van der Waals surface area contributed by atoms with Crippen molar-refractivity contribution in [1.82, 2.24) is 10.2 Å². The number of rotatable bonds is 2. The SMILES string of the molecule is O=C(O)/C=C/c1ccc(Cl)nn1. The van der Waals surface area contributed by atoms with Crippen LogP contribution < -0.4 is 0 Å². The summed E-state index contributed by atoms with van der Waals surface area (Å²) >= 11 is 5.46. The molecule has 0 bridgehead atoms. The van der Waals surface area contributed by atoms with Crippen LogP contribution in [0.25, 0.3) is 6.08 Å². The molecule has 0 amide bonds. The number of aliphatic carboxylic acids is 1. The summed E-state index contributed by atoms with van der Waals surface area (Å²) in [6.07, 6.45) is 2.32. The lowest BCUT2D eigenvalue weighted by Gasteiger charge is -1.89. The average molecular weight is 185 g/mol. The van der Waals surface area contributed by atoms with Crippen molar-refractivity contribution in [2.24, 2.45) is 0 Å². The van der Waals surface area contributed by atoms with Crippen molar-refractivity contribution in [2.75, 3.05) is 0 Å². The minimum Gasteiger partial charge on any atom is -0.478 e. The van der Waals surface area contributed by atoms with Gasteiger partial charge in [-0.2, -0.15) is 0 Å². The Morgan fingerprint density at radius 1 is 1.50 bits per heavy atom. The summed E-state index contributed by atoms with van der Waals surface area (Å²) in [7, 11) is 0. The third kappa shape index (κ3) is 2.67. The molecule has 0 saturated heterocycles. The van der Waals surface area contributed by atoms with Crippen LogP contribution in [-0.4, -0.2) is 21.3 Å². The van der Waals surface area contributed by atoms with Crippen LogP contribution in [0.15, 0.2) is 18.2 Å². The summed E-state index contributed by atoms with van der Waals surface area (Å²) in [5.41, 5.74) is 0.460. The summed E-state index contributed by atoms with van der Waals surface area (Å²) in [5.74, 6) is -1.02. The van der Waals surface area contributed by atoms with Gasteiger partial charge in [0.15, 0.2) is 5.15 Å². The zero-order valence-electron chi connectivity index (χ0n) is 5.94. The van der Waals surface area contributed by atoms with Crippen molar-refractivity contribution in [1.29, 1.82) is 0 Å². The van der Waals surface area contributed by atoms with Gasteiger partial charge in [0.2, 0.25) is 0 Å². The second kappa shape index (κ2) is 3.82. The van der Waals surface area contributed by atoms with Gasteiger partial charge in [-0.25, -0.2) is 4.79 Å². The minimum absolute atomic E-state index is 0.280. The van der Waals surface area contributed by atoms with Crippen LogP contribution in [0.4, 0.5) is 0 Å². The highest BCUT2D eigenvalue weighted by Crippen LogP contribution is 2.02. The maximum atomic E-state index is 10.1. The minimum atomic E-state index is -1.02. The molecule has 4 nitrogen and oxygen atoms in total. The summed E-state index contributed by atoms with van der Waals surface area (Å²) in [4.78, 5) is 10.1. The van der Waals surface area contributed by atoms with Gasteiger partial charge >= 0.3 is 5.97 Å². The smallest absolute Gasteiger partial charge is 0.328 e. The third-order valence-electron chi connectivity index (χ3n) is 1.05. The predicted molar refractivity (Wildman–Crippen MR) is 43.7 cm³/mol. The maximum absolute atomic E-state index is 10.1. The van der Waals surface area contributed by atoms with E-state index in [1.807, 2.05) is 0 Å². The molecule has 5 heteroatoms. The highest BCUT2D eigenvalue weighted by atomic mass is 35.5. The highest BCUT2D eigenvalue weighted by Gasteiger charge is 1.91. The molecule has 1 aromatic heterocycles. The number of carboxylic acids is 1. The molecule has 0 saturated carbocycles. The highest BCUT2D eigenvalue weighted by molar-refractivity contribution is 6.29. The fraction of sp³-hybridized carbons (Fsp3) is 0. The van der Waals surface area contributed by atoms with Gasteiger partial charge in [0.1, 0.15) is 0 Å². The van der Waals surface area contributed by atoms with E-state index in [-0.39, 0.29) is 5.15 Å². The molecule has 1 N–H and O–H groups in total. The predicted octanol–water partition coefficient (Wildman–Crippen LogP) is 1.23.